The number of ether oxygens (including phenoxy) is 2. The number of nitrogens with two attached hydrogens (primary N) is 3. The third-order valence-corrected chi connectivity index (χ3v) is 24.8. The van der Waals surface area contributed by atoms with Crippen molar-refractivity contribution in [2.24, 2.45) is 33.2 Å². The molecule has 3 aliphatic heterocycles. The molecule has 3 unspecified atom stereocenters. The Morgan fingerprint density at radius 2 is 1.06 bits per heavy atom. The largest absolute Gasteiger partial charge is 0.393 e. The molecule has 6 aliphatic rings. The Balaban J connectivity index is 0.000000145. The summed E-state index contributed by atoms with van der Waals surface area (Å²) in [6.07, 6.45) is 9.76. The number of rotatable bonds is 24. The highest BCUT2D eigenvalue weighted by molar-refractivity contribution is 7.84. The number of nitrogens with one attached hydrogen (secondary N) is 3. The van der Waals surface area contributed by atoms with Gasteiger partial charge in [0.15, 0.2) is 0 Å². The Hall–Kier alpha value is -7.94. The molecule has 2 aromatic carbocycles. The number of aromatic nitrogens is 8. The van der Waals surface area contributed by atoms with Crippen LogP contribution in [0.5, 0.6) is 0 Å². The van der Waals surface area contributed by atoms with E-state index >= 15 is 0 Å². The van der Waals surface area contributed by atoms with Crippen LogP contribution in [0.2, 0.25) is 5.02 Å². The number of imidazole rings is 1. The SMILES string of the molecule is CN1Cc2ccccc2C1c1csc(C(=O)c2cncnc2N[C@@H]2C[C@H](COS(N)(=O)=O)[C@@H](O)C2)c1.Cc1cn2c(n1)C(c1cc(C(=O)c3cncnc3N[C@@H]3C[C@H](COS(N)(=O)=O)[C@@H](O)C3)sc1C)OCC2.Cc1sc(C(=O)c2cncnc2N[C@@H]2C[C@H](COS(N)(=O)=O)[C@@H](O)C2)cc1C1OCc2ccc(Cl)cc21. The molecule has 12 atom stereocenters. The number of carbonyl (C=O) groups excluding carboxylic acids is 3. The molecule has 10 heterocycles. The lowest BCUT2D eigenvalue weighted by Crippen LogP contribution is -2.24. The Kier molecular flexibility index (Phi) is 24.6. The molecule has 12 N–H and O–H groups in total. The summed E-state index contributed by atoms with van der Waals surface area (Å²) in [5.41, 5.74) is 9.36. The molecule has 584 valence electrons. The van der Waals surface area contributed by atoms with E-state index < -0.39 is 67.0 Å². The van der Waals surface area contributed by atoms with Crippen LogP contribution in [-0.2, 0) is 72.6 Å². The van der Waals surface area contributed by atoms with E-state index in [1.807, 2.05) is 80.9 Å². The lowest BCUT2D eigenvalue weighted by atomic mass is 9.99. The van der Waals surface area contributed by atoms with Crippen LogP contribution < -0.4 is 31.4 Å². The second kappa shape index (κ2) is 33.8. The highest BCUT2D eigenvalue weighted by atomic mass is 35.5. The number of halogens is 1. The van der Waals surface area contributed by atoms with Gasteiger partial charge in [-0.1, -0.05) is 41.9 Å². The number of nitrogens with zero attached hydrogens (tertiary/aromatic N) is 9. The molecule has 3 fully saturated rings. The van der Waals surface area contributed by atoms with Crippen molar-refractivity contribution >= 4 is 111 Å². The summed E-state index contributed by atoms with van der Waals surface area (Å²) in [4.78, 5) is 76.0. The molecule has 3 saturated carbocycles. The summed E-state index contributed by atoms with van der Waals surface area (Å²) in [5, 5.41) is 58.0. The Morgan fingerprint density at radius 1 is 0.591 bits per heavy atom. The zero-order chi connectivity index (χ0) is 78.1. The zero-order valence-corrected chi connectivity index (χ0v) is 65.3. The van der Waals surface area contributed by atoms with E-state index in [4.69, 9.17) is 36.5 Å². The van der Waals surface area contributed by atoms with E-state index in [1.165, 1.54) is 82.7 Å². The first-order chi connectivity index (χ1) is 52.4. The van der Waals surface area contributed by atoms with Gasteiger partial charge in [0, 0.05) is 94.1 Å². The predicted molar refractivity (Wildman–Crippen MR) is 407 cm³/mol. The number of benzene rings is 2. The van der Waals surface area contributed by atoms with Crippen molar-refractivity contribution in [3.63, 3.8) is 0 Å². The van der Waals surface area contributed by atoms with Crippen LogP contribution in [-0.4, -0.2) is 172 Å². The zero-order valence-electron chi connectivity index (χ0n) is 59.7. The molecule has 110 heavy (non-hydrogen) atoms. The molecular formula is C71H80ClN15O17S6. The van der Waals surface area contributed by atoms with Crippen molar-refractivity contribution in [3.8, 4) is 0 Å². The number of thiophene rings is 3. The fourth-order valence-electron chi connectivity index (χ4n) is 14.9. The highest BCUT2D eigenvalue weighted by Crippen LogP contribution is 2.44. The van der Waals surface area contributed by atoms with E-state index in [0.29, 0.717) is 106 Å². The smallest absolute Gasteiger partial charge is 0.333 e. The molecule has 0 radical (unpaired) electrons. The molecule has 0 saturated heterocycles. The molecule has 0 bridgehead atoms. The molecule has 0 spiro atoms. The number of aliphatic hydroxyl groups is 3. The maximum Gasteiger partial charge on any atom is 0.333 e. The van der Waals surface area contributed by atoms with E-state index in [-0.39, 0.29) is 73.5 Å². The van der Waals surface area contributed by atoms with Gasteiger partial charge in [-0.15, -0.1) is 34.0 Å². The van der Waals surface area contributed by atoms with Crippen LogP contribution in [0.3, 0.4) is 0 Å². The van der Waals surface area contributed by atoms with Crippen molar-refractivity contribution in [2.75, 3.05) is 49.4 Å². The van der Waals surface area contributed by atoms with Gasteiger partial charge in [-0.05, 0) is 135 Å². The van der Waals surface area contributed by atoms with Crippen LogP contribution in [0.4, 0.5) is 17.5 Å². The van der Waals surface area contributed by atoms with Gasteiger partial charge in [0.05, 0.1) is 94.4 Å². The average molecular weight is 1640 g/mol. The number of hydrogen-bond acceptors (Lipinski definition) is 31. The molecular weight excluding hydrogens is 1560 g/mol. The number of aryl methyl sites for hydroxylation is 3. The number of carbonyl (C=O) groups is 3. The first-order valence-electron chi connectivity index (χ1n) is 34.9. The Morgan fingerprint density at radius 3 is 1.55 bits per heavy atom. The number of ketones is 3. The fourth-order valence-corrected chi connectivity index (χ4v) is 19.0. The Bertz CT molecular complexity index is 5260. The third kappa shape index (κ3) is 19.0. The van der Waals surface area contributed by atoms with Gasteiger partial charge in [-0.3, -0.25) is 31.8 Å². The average Bonchev–Trinajstić information content (AvgIpc) is 1.64. The quantitative estimate of drug-likeness (QED) is 0.0285. The normalized spacial score (nSPS) is 23.7. The van der Waals surface area contributed by atoms with Gasteiger partial charge >= 0.3 is 30.9 Å². The van der Waals surface area contributed by atoms with E-state index in [0.717, 1.165) is 62.2 Å². The second-order valence-corrected chi connectivity index (χ2v) is 35.3. The lowest BCUT2D eigenvalue weighted by molar-refractivity contribution is 0.0429. The van der Waals surface area contributed by atoms with Crippen molar-refractivity contribution in [1.29, 1.82) is 0 Å². The van der Waals surface area contributed by atoms with Crippen LogP contribution in [0.1, 0.15) is 163 Å². The summed E-state index contributed by atoms with van der Waals surface area (Å²) < 4.78 is 94.7. The van der Waals surface area contributed by atoms with E-state index in [2.05, 4.69) is 92.0 Å². The van der Waals surface area contributed by atoms with Gasteiger partial charge in [0.1, 0.15) is 54.5 Å². The van der Waals surface area contributed by atoms with Crippen molar-refractivity contribution in [1.82, 2.24) is 44.4 Å². The minimum absolute atomic E-state index is 0.0973. The van der Waals surface area contributed by atoms with E-state index in [1.54, 1.807) is 0 Å². The topological polar surface area (TPSA) is 473 Å². The molecule has 9 aromatic rings. The predicted octanol–water partition coefficient (Wildman–Crippen LogP) is 6.67. The van der Waals surface area contributed by atoms with Gasteiger partial charge in [0.25, 0.3) is 0 Å². The fraction of sp³-hybridized carbons (Fsp3) is 0.408. The van der Waals surface area contributed by atoms with Crippen LogP contribution in [0.25, 0.3) is 0 Å². The van der Waals surface area contributed by atoms with Crippen molar-refractivity contribution in [2.45, 2.75) is 134 Å². The van der Waals surface area contributed by atoms with Gasteiger partial charge in [-0.2, -0.15) is 25.3 Å². The van der Waals surface area contributed by atoms with Gasteiger partial charge in [0.2, 0.25) is 17.3 Å². The maximum atomic E-state index is 13.6. The number of hydrogen-bond donors (Lipinski definition) is 9. The standard InChI is InChI=1S/C24H25ClN4O6S2.C24H27N5O5S2.C23H28N6O6S2/c1-12-17(23-18-5-15(25)3-2-13(18)9-34-23)7-21(36-12)22(31)19-8-27-11-28-24(19)29-16-4-14(20(30)6-16)10-35-37(26,32)33;1-29-10-14-4-2-3-5-18(14)22(29)16-7-21(35-12-16)23(31)19-9-26-13-27-24(19)28-17-6-15(20(30)8-17)11-34-36(25,32)33;1-12-9-29-3-4-34-21(23(29)27-12)16-7-19(36-13(16)2)20(31)17-8-25-11-26-22(17)28-15-5-14(18(30)6-15)10-35-37(24,32)33/h2-3,5,7-8,11,14,16,20,23,30H,4,6,9-10H2,1H3,(H2,26,32,33)(H,27,28,29);2-5,7,9,12-13,15,17,20,22,30H,6,8,10-11H2,1H3,(H2,25,32,33)(H,26,27,28);7-9,11,14-15,18,21,30H,3-6,10H2,1-2H3,(H2,24,32,33)(H,25,26,28)/t14-,16-,20+,23?;15-,17-,20+,22?;14-,15-,18+,21?/m111/s1. The highest BCUT2D eigenvalue weighted by Gasteiger charge is 2.40. The summed E-state index contributed by atoms with van der Waals surface area (Å²) >= 11 is 10.4. The van der Waals surface area contributed by atoms with Gasteiger partial charge < -0.3 is 45.3 Å². The first kappa shape index (κ1) is 80.1. The van der Waals surface area contributed by atoms with Crippen LogP contribution >= 0.6 is 45.6 Å². The Labute approximate surface area is 650 Å². The molecule has 39 heteroatoms. The van der Waals surface area contributed by atoms with Crippen LogP contribution in [0, 0.1) is 38.5 Å². The minimum Gasteiger partial charge on any atom is -0.393 e. The van der Waals surface area contributed by atoms with Crippen molar-refractivity contribution in [3.05, 3.63) is 206 Å². The summed E-state index contributed by atoms with van der Waals surface area (Å²) in [6, 6.07) is 19.0. The van der Waals surface area contributed by atoms with Gasteiger partial charge in [-0.25, -0.2) is 50.3 Å². The minimum atomic E-state index is -4.10. The summed E-state index contributed by atoms with van der Waals surface area (Å²) in [7, 11) is -10.2. The molecule has 15 rings (SSSR count). The summed E-state index contributed by atoms with van der Waals surface area (Å²) in [5.74, 6) is -0.0277. The molecule has 0 amide bonds. The molecule has 32 nitrogen and oxygen atoms in total. The van der Waals surface area contributed by atoms with Crippen molar-refractivity contribution < 1.29 is 77.0 Å². The molecule has 3 aliphatic carbocycles. The number of aliphatic hydroxyl groups excluding tert-OH is 3. The second-order valence-electron chi connectivity index (χ2n) is 27.8. The van der Waals surface area contributed by atoms with Crippen LogP contribution in [0.15, 0.2) is 110 Å². The third-order valence-electron chi connectivity index (χ3n) is 20.1. The number of anilines is 3. The van der Waals surface area contributed by atoms with E-state index in [9.17, 15) is 55.0 Å². The number of fused-ring (bicyclic) bond motifs is 3. The maximum absolute atomic E-state index is 13.6. The monoisotopic (exact) mass is 1640 g/mol. The lowest BCUT2D eigenvalue weighted by Gasteiger charge is -2.24. The molecule has 7 aromatic heterocycles. The summed E-state index contributed by atoms with van der Waals surface area (Å²) in [6.45, 7) is 7.85. The first-order valence-corrected chi connectivity index (χ1v) is 42.2.